The van der Waals surface area contributed by atoms with Crippen molar-refractivity contribution in [2.45, 2.75) is 18.6 Å². The fourth-order valence-electron chi connectivity index (χ4n) is 3.96. The summed E-state index contributed by atoms with van der Waals surface area (Å²) >= 11 is 0. The Kier molecular flexibility index (Phi) is 4.41. The van der Waals surface area contributed by atoms with E-state index < -0.39 is 6.10 Å². The van der Waals surface area contributed by atoms with Gasteiger partial charge in [-0.2, -0.15) is 0 Å². The number of pyridine rings is 1. The molecule has 4 aromatic rings. The van der Waals surface area contributed by atoms with Gasteiger partial charge in [-0.05, 0) is 36.4 Å². The minimum absolute atomic E-state index is 0.0677. The second kappa shape index (κ2) is 7.22. The number of aliphatic hydroxyl groups is 1. The second-order valence-corrected chi connectivity index (χ2v) is 7.40. The zero-order chi connectivity index (χ0) is 19.8. The molecule has 5 rings (SSSR count). The van der Waals surface area contributed by atoms with Gasteiger partial charge in [0, 0.05) is 58.8 Å². The Morgan fingerprint density at radius 3 is 3.00 bits per heavy atom. The molecule has 1 fully saturated rings. The molecule has 2 atom stereocenters. The van der Waals surface area contributed by atoms with Crippen LogP contribution in [-0.4, -0.2) is 51.2 Å². The Balaban J connectivity index is 1.30. The number of nitrogens with zero attached hydrogens (tertiary/aromatic N) is 2. The smallest absolute Gasteiger partial charge is 0.253 e. The number of carbonyl (C=O) groups is 1. The first-order valence-corrected chi connectivity index (χ1v) is 9.73. The second-order valence-electron chi connectivity index (χ2n) is 7.40. The summed E-state index contributed by atoms with van der Waals surface area (Å²) in [6, 6.07) is 15.3. The largest absolute Gasteiger partial charge is 0.487 e. The lowest BCUT2D eigenvalue weighted by molar-refractivity contribution is -0.0193. The van der Waals surface area contributed by atoms with Gasteiger partial charge in [-0.3, -0.25) is 9.78 Å². The molecule has 0 saturated carbocycles. The van der Waals surface area contributed by atoms with E-state index in [4.69, 9.17) is 4.74 Å². The molecule has 0 unspecified atom stereocenters. The maximum atomic E-state index is 12.9. The fourth-order valence-corrected chi connectivity index (χ4v) is 3.96. The molecule has 29 heavy (non-hydrogen) atoms. The van der Waals surface area contributed by atoms with E-state index in [2.05, 4.69) is 9.97 Å². The standard InChI is InChI=1S/C23H21N3O3/c27-20-14-26(23(28)16-4-5-19-15(12-16)6-10-25-19)11-8-22(20)29-21-3-1-2-17-13-24-9-7-18(17)21/h1-7,9-10,12-13,20,22,25,27H,8,11,14H2/t20-,22-/m1/s1. The van der Waals surface area contributed by atoms with Crippen molar-refractivity contribution in [2.24, 2.45) is 0 Å². The summed E-state index contributed by atoms with van der Waals surface area (Å²) in [6.07, 6.45) is 4.84. The highest BCUT2D eigenvalue weighted by Crippen LogP contribution is 2.28. The third kappa shape index (κ3) is 3.32. The Bertz CT molecular complexity index is 1180. The molecule has 0 radical (unpaired) electrons. The van der Waals surface area contributed by atoms with Gasteiger partial charge < -0.3 is 19.7 Å². The number of hydrogen-bond donors (Lipinski definition) is 2. The summed E-state index contributed by atoms with van der Waals surface area (Å²) in [7, 11) is 0. The third-order valence-electron chi connectivity index (χ3n) is 5.53. The maximum Gasteiger partial charge on any atom is 0.253 e. The van der Waals surface area contributed by atoms with Crippen LogP contribution in [-0.2, 0) is 0 Å². The minimum Gasteiger partial charge on any atom is -0.487 e. The number of aliphatic hydroxyl groups excluding tert-OH is 1. The number of piperidine rings is 1. The predicted molar refractivity (Wildman–Crippen MR) is 111 cm³/mol. The van der Waals surface area contributed by atoms with E-state index in [1.165, 1.54) is 0 Å². The number of aromatic amines is 1. The number of amides is 1. The molecule has 0 spiro atoms. The molecule has 1 aliphatic heterocycles. The summed E-state index contributed by atoms with van der Waals surface area (Å²) in [6.45, 7) is 0.791. The molecule has 1 aliphatic rings. The number of ether oxygens (including phenoxy) is 1. The number of H-pyrrole nitrogens is 1. The van der Waals surface area contributed by atoms with Crippen LogP contribution in [0.25, 0.3) is 21.7 Å². The Morgan fingerprint density at radius 2 is 2.10 bits per heavy atom. The Hall–Kier alpha value is -3.38. The first kappa shape index (κ1) is 17.7. The zero-order valence-corrected chi connectivity index (χ0v) is 15.8. The predicted octanol–water partition coefficient (Wildman–Crippen LogP) is 3.37. The number of β-amino-alcohol motifs (C(OH)–C–C–N with tert-alkyl or cyclic N) is 1. The van der Waals surface area contributed by atoms with E-state index >= 15 is 0 Å². The molecule has 3 heterocycles. The number of likely N-dealkylation sites (tertiary alicyclic amines) is 1. The van der Waals surface area contributed by atoms with E-state index in [-0.39, 0.29) is 18.6 Å². The lowest BCUT2D eigenvalue weighted by Gasteiger charge is -2.36. The normalized spacial score (nSPS) is 19.6. The number of rotatable bonds is 3. The molecule has 146 valence electrons. The Labute approximate surface area is 167 Å². The van der Waals surface area contributed by atoms with Gasteiger partial charge in [-0.25, -0.2) is 0 Å². The van der Waals surface area contributed by atoms with Crippen molar-refractivity contribution in [3.8, 4) is 5.75 Å². The monoisotopic (exact) mass is 387 g/mol. The minimum atomic E-state index is -0.749. The molecule has 0 bridgehead atoms. The fraction of sp³-hybridized carbons (Fsp3) is 0.217. The van der Waals surface area contributed by atoms with Crippen molar-refractivity contribution >= 4 is 27.6 Å². The molecule has 1 amide bonds. The van der Waals surface area contributed by atoms with Gasteiger partial charge in [0.1, 0.15) is 18.0 Å². The van der Waals surface area contributed by atoms with Crippen LogP contribution in [0.4, 0.5) is 0 Å². The van der Waals surface area contributed by atoms with Crippen molar-refractivity contribution in [2.75, 3.05) is 13.1 Å². The summed E-state index contributed by atoms with van der Waals surface area (Å²) in [5, 5.41) is 13.6. The van der Waals surface area contributed by atoms with Crippen LogP contribution >= 0.6 is 0 Å². The van der Waals surface area contributed by atoms with E-state index in [1.54, 1.807) is 17.3 Å². The van der Waals surface area contributed by atoms with Crippen LogP contribution in [0.2, 0.25) is 0 Å². The number of benzene rings is 2. The molecule has 1 saturated heterocycles. The molecule has 0 aliphatic carbocycles. The molecule has 2 N–H and O–H groups in total. The number of carbonyl (C=O) groups excluding carboxylic acids is 1. The topological polar surface area (TPSA) is 78.5 Å². The average Bonchev–Trinajstić information content (AvgIpc) is 3.23. The molecule has 6 nitrogen and oxygen atoms in total. The van der Waals surface area contributed by atoms with E-state index in [1.807, 2.05) is 54.7 Å². The highest BCUT2D eigenvalue weighted by atomic mass is 16.5. The first-order valence-electron chi connectivity index (χ1n) is 9.73. The number of hydrogen-bond acceptors (Lipinski definition) is 4. The average molecular weight is 387 g/mol. The third-order valence-corrected chi connectivity index (χ3v) is 5.53. The molecular weight excluding hydrogens is 366 g/mol. The summed E-state index contributed by atoms with van der Waals surface area (Å²) < 4.78 is 6.14. The van der Waals surface area contributed by atoms with Crippen molar-refractivity contribution in [1.82, 2.24) is 14.9 Å². The van der Waals surface area contributed by atoms with Gasteiger partial charge in [-0.1, -0.05) is 12.1 Å². The first-order chi connectivity index (χ1) is 14.2. The molecule has 6 heteroatoms. The van der Waals surface area contributed by atoms with E-state index in [9.17, 15) is 9.90 Å². The number of aromatic nitrogens is 2. The number of fused-ring (bicyclic) bond motifs is 2. The van der Waals surface area contributed by atoms with Gasteiger partial charge in [0.25, 0.3) is 5.91 Å². The van der Waals surface area contributed by atoms with Crippen molar-refractivity contribution in [1.29, 1.82) is 0 Å². The summed E-state index contributed by atoms with van der Waals surface area (Å²) in [5.41, 5.74) is 1.63. The zero-order valence-electron chi connectivity index (χ0n) is 15.8. The SMILES string of the molecule is O=C(c1ccc2[nH]ccc2c1)N1CC[C@@H](Oc2cccc3cnccc23)[C@H](O)C1. The highest BCUT2D eigenvalue weighted by molar-refractivity contribution is 5.98. The molecular formula is C23H21N3O3. The van der Waals surface area contributed by atoms with Crippen LogP contribution < -0.4 is 4.74 Å². The highest BCUT2D eigenvalue weighted by Gasteiger charge is 2.32. The Morgan fingerprint density at radius 1 is 1.17 bits per heavy atom. The lowest BCUT2D eigenvalue weighted by Crippen LogP contribution is -2.51. The van der Waals surface area contributed by atoms with Gasteiger partial charge in [-0.15, -0.1) is 0 Å². The van der Waals surface area contributed by atoms with Gasteiger partial charge in [0.15, 0.2) is 0 Å². The van der Waals surface area contributed by atoms with Crippen molar-refractivity contribution in [3.05, 3.63) is 72.7 Å². The maximum absolute atomic E-state index is 12.9. The van der Waals surface area contributed by atoms with Crippen molar-refractivity contribution < 1.29 is 14.6 Å². The van der Waals surface area contributed by atoms with Crippen LogP contribution in [0.3, 0.4) is 0 Å². The van der Waals surface area contributed by atoms with Crippen LogP contribution in [0.15, 0.2) is 67.1 Å². The van der Waals surface area contributed by atoms with Crippen LogP contribution in [0.1, 0.15) is 16.8 Å². The quantitative estimate of drug-likeness (QED) is 0.565. The lowest BCUT2D eigenvalue weighted by atomic mass is 10.0. The van der Waals surface area contributed by atoms with Crippen LogP contribution in [0.5, 0.6) is 5.75 Å². The van der Waals surface area contributed by atoms with Gasteiger partial charge >= 0.3 is 0 Å². The molecule has 2 aromatic heterocycles. The van der Waals surface area contributed by atoms with Crippen molar-refractivity contribution in [3.63, 3.8) is 0 Å². The van der Waals surface area contributed by atoms with Gasteiger partial charge in [0.05, 0.1) is 6.54 Å². The van der Waals surface area contributed by atoms with Crippen LogP contribution in [0, 0.1) is 0 Å². The van der Waals surface area contributed by atoms with Gasteiger partial charge in [0.2, 0.25) is 0 Å². The summed E-state index contributed by atoms with van der Waals surface area (Å²) in [5.74, 6) is 0.661. The van der Waals surface area contributed by atoms with E-state index in [0.717, 1.165) is 27.4 Å². The number of nitrogens with one attached hydrogen (secondary N) is 1. The molecule has 2 aromatic carbocycles. The van der Waals surface area contributed by atoms with E-state index in [0.29, 0.717) is 18.5 Å². The summed E-state index contributed by atoms with van der Waals surface area (Å²) in [4.78, 5) is 21.9.